The van der Waals surface area contributed by atoms with Crippen molar-refractivity contribution in [2.45, 2.75) is 45.8 Å². The number of anilines is 1. The first-order valence-corrected chi connectivity index (χ1v) is 7.33. The van der Waals surface area contributed by atoms with Gasteiger partial charge in [0.15, 0.2) is 6.10 Å². The van der Waals surface area contributed by atoms with Crippen molar-refractivity contribution in [2.75, 3.05) is 5.73 Å². The smallest absolute Gasteiger partial charge is 0.340 e. The van der Waals surface area contributed by atoms with E-state index in [1.807, 2.05) is 13.8 Å². The highest BCUT2D eigenvalue weighted by Crippen LogP contribution is 2.24. The zero-order chi connectivity index (χ0) is 16.0. The molecule has 116 valence electrons. The van der Waals surface area contributed by atoms with Crippen molar-refractivity contribution in [3.8, 4) is 0 Å². The van der Waals surface area contributed by atoms with Gasteiger partial charge in [-0.3, -0.25) is 4.79 Å². The zero-order valence-electron chi connectivity index (χ0n) is 12.5. The van der Waals surface area contributed by atoms with E-state index in [2.05, 4.69) is 5.32 Å². The second-order valence-electron chi connectivity index (χ2n) is 4.78. The molecule has 0 spiro atoms. The normalized spacial score (nSPS) is 12.0. The quantitative estimate of drug-likeness (QED) is 0.625. The van der Waals surface area contributed by atoms with Crippen molar-refractivity contribution >= 4 is 29.2 Å². The Morgan fingerprint density at radius 3 is 2.52 bits per heavy atom. The molecule has 0 aliphatic heterocycles. The van der Waals surface area contributed by atoms with E-state index < -0.39 is 12.1 Å². The van der Waals surface area contributed by atoms with Gasteiger partial charge >= 0.3 is 5.97 Å². The molecule has 1 unspecified atom stereocenters. The summed E-state index contributed by atoms with van der Waals surface area (Å²) in [6.07, 6.45) is 0.754. The van der Waals surface area contributed by atoms with E-state index in [4.69, 9.17) is 22.1 Å². The van der Waals surface area contributed by atoms with Crippen molar-refractivity contribution in [3.63, 3.8) is 0 Å². The summed E-state index contributed by atoms with van der Waals surface area (Å²) in [5, 5.41) is 2.96. The van der Waals surface area contributed by atoms with Gasteiger partial charge in [-0.1, -0.05) is 31.5 Å². The molecule has 0 aliphatic carbocycles. The summed E-state index contributed by atoms with van der Waals surface area (Å²) in [4.78, 5) is 24.0. The molecule has 0 bridgehead atoms. The monoisotopic (exact) mass is 312 g/mol. The van der Waals surface area contributed by atoms with Crippen LogP contribution >= 0.6 is 11.6 Å². The molecule has 1 aromatic carbocycles. The second kappa shape index (κ2) is 7.88. The molecule has 21 heavy (non-hydrogen) atoms. The number of nitrogen functional groups attached to an aromatic ring is 1. The summed E-state index contributed by atoms with van der Waals surface area (Å²) in [5.74, 6) is -0.989. The average molecular weight is 313 g/mol. The standard InChI is InChI=1S/C15H21ClN2O3/c1-4-10(5-2)18-14(19)9(3)21-15(20)11-7-6-8-12(17)13(11)16/h6-10H,4-5,17H2,1-3H3,(H,18,19). The maximum atomic E-state index is 12.0. The molecule has 1 amide bonds. The lowest BCUT2D eigenvalue weighted by Gasteiger charge is -2.19. The van der Waals surface area contributed by atoms with E-state index in [0.29, 0.717) is 5.69 Å². The lowest BCUT2D eigenvalue weighted by Crippen LogP contribution is -2.41. The number of amides is 1. The third-order valence-corrected chi connectivity index (χ3v) is 3.66. The summed E-state index contributed by atoms with van der Waals surface area (Å²) >= 11 is 5.95. The van der Waals surface area contributed by atoms with Gasteiger partial charge in [-0.05, 0) is 31.9 Å². The molecular weight excluding hydrogens is 292 g/mol. The molecule has 0 radical (unpaired) electrons. The van der Waals surface area contributed by atoms with E-state index in [0.717, 1.165) is 12.8 Å². The van der Waals surface area contributed by atoms with Crippen LogP contribution in [0.3, 0.4) is 0 Å². The van der Waals surface area contributed by atoms with Crippen molar-refractivity contribution in [3.05, 3.63) is 28.8 Å². The molecule has 0 aromatic heterocycles. The van der Waals surface area contributed by atoms with Crippen LogP contribution in [0.15, 0.2) is 18.2 Å². The number of nitrogens with two attached hydrogens (primary N) is 1. The minimum atomic E-state index is -0.893. The van der Waals surface area contributed by atoms with E-state index in [1.165, 1.54) is 13.0 Å². The van der Waals surface area contributed by atoms with Gasteiger partial charge in [0.1, 0.15) is 0 Å². The molecule has 0 aliphatic rings. The summed E-state index contributed by atoms with van der Waals surface area (Å²) in [6, 6.07) is 4.77. The third kappa shape index (κ3) is 4.63. The molecular formula is C15H21ClN2O3. The summed E-state index contributed by atoms with van der Waals surface area (Å²) in [7, 11) is 0. The first kappa shape index (κ1) is 17.3. The summed E-state index contributed by atoms with van der Waals surface area (Å²) in [5.41, 5.74) is 6.08. The predicted octanol–water partition coefficient (Wildman–Crippen LogP) is 2.77. The van der Waals surface area contributed by atoms with Gasteiger partial charge in [-0.15, -0.1) is 0 Å². The molecule has 0 fully saturated rings. The molecule has 1 atom stereocenters. The largest absolute Gasteiger partial charge is 0.449 e. The number of hydrogen-bond acceptors (Lipinski definition) is 4. The number of rotatable bonds is 6. The van der Waals surface area contributed by atoms with Crippen LogP contribution in [0.25, 0.3) is 0 Å². The van der Waals surface area contributed by atoms with Crippen LogP contribution in [0.1, 0.15) is 44.0 Å². The van der Waals surface area contributed by atoms with Crippen LogP contribution in [0.4, 0.5) is 5.69 Å². The first-order valence-electron chi connectivity index (χ1n) is 6.96. The van der Waals surface area contributed by atoms with Crippen LogP contribution in [0.5, 0.6) is 0 Å². The highest BCUT2D eigenvalue weighted by molar-refractivity contribution is 6.36. The Bertz CT molecular complexity index is 516. The Morgan fingerprint density at radius 2 is 1.95 bits per heavy atom. The van der Waals surface area contributed by atoms with Gasteiger partial charge in [0.2, 0.25) is 0 Å². The number of esters is 1. The lowest BCUT2D eigenvalue weighted by molar-refractivity contribution is -0.129. The number of carbonyl (C=O) groups excluding carboxylic acids is 2. The highest BCUT2D eigenvalue weighted by atomic mass is 35.5. The van der Waals surface area contributed by atoms with E-state index in [9.17, 15) is 9.59 Å². The maximum Gasteiger partial charge on any atom is 0.340 e. The highest BCUT2D eigenvalue weighted by Gasteiger charge is 2.22. The topological polar surface area (TPSA) is 81.4 Å². The van der Waals surface area contributed by atoms with Crippen LogP contribution in [-0.2, 0) is 9.53 Å². The van der Waals surface area contributed by atoms with Crippen molar-refractivity contribution in [1.29, 1.82) is 0 Å². The van der Waals surface area contributed by atoms with Gasteiger partial charge in [-0.25, -0.2) is 4.79 Å². The van der Waals surface area contributed by atoms with Crippen LogP contribution in [-0.4, -0.2) is 24.0 Å². The molecule has 1 rings (SSSR count). The molecule has 3 N–H and O–H groups in total. The Balaban J connectivity index is 2.69. The number of nitrogens with one attached hydrogen (secondary N) is 1. The molecule has 6 heteroatoms. The van der Waals surface area contributed by atoms with Gasteiger partial charge in [-0.2, -0.15) is 0 Å². The minimum absolute atomic E-state index is 0.0783. The number of benzene rings is 1. The zero-order valence-corrected chi connectivity index (χ0v) is 13.2. The van der Waals surface area contributed by atoms with Crippen molar-refractivity contribution in [2.24, 2.45) is 0 Å². The summed E-state index contributed by atoms with van der Waals surface area (Å²) < 4.78 is 5.13. The Kier molecular flexibility index (Phi) is 6.49. The Labute approximate surface area is 129 Å². The lowest BCUT2D eigenvalue weighted by atomic mass is 10.1. The molecule has 1 aromatic rings. The first-order chi connectivity index (χ1) is 9.90. The van der Waals surface area contributed by atoms with Gasteiger partial charge in [0.05, 0.1) is 16.3 Å². The number of ether oxygens (including phenoxy) is 1. The fourth-order valence-corrected chi connectivity index (χ4v) is 2.00. The Hall–Kier alpha value is -1.75. The Morgan fingerprint density at radius 1 is 1.33 bits per heavy atom. The van der Waals surface area contributed by atoms with Gasteiger partial charge in [0.25, 0.3) is 5.91 Å². The SMILES string of the molecule is CCC(CC)NC(=O)C(C)OC(=O)c1cccc(N)c1Cl. The predicted molar refractivity (Wildman–Crippen MR) is 83.3 cm³/mol. The number of hydrogen-bond donors (Lipinski definition) is 2. The van der Waals surface area contributed by atoms with E-state index in [-0.39, 0.29) is 22.5 Å². The minimum Gasteiger partial charge on any atom is -0.449 e. The van der Waals surface area contributed by atoms with Crippen LogP contribution < -0.4 is 11.1 Å². The fourth-order valence-electron chi connectivity index (χ4n) is 1.80. The molecule has 0 saturated heterocycles. The van der Waals surface area contributed by atoms with E-state index >= 15 is 0 Å². The summed E-state index contributed by atoms with van der Waals surface area (Å²) in [6.45, 7) is 5.49. The molecule has 5 nitrogen and oxygen atoms in total. The number of carbonyl (C=O) groups is 2. The van der Waals surface area contributed by atoms with Crippen LogP contribution in [0, 0.1) is 0 Å². The van der Waals surface area contributed by atoms with Crippen molar-refractivity contribution in [1.82, 2.24) is 5.32 Å². The van der Waals surface area contributed by atoms with Crippen LogP contribution in [0.2, 0.25) is 5.02 Å². The fraction of sp³-hybridized carbons (Fsp3) is 0.467. The molecule has 0 saturated carbocycles. The maximum absolute atomic E-state index is 12.0. The van der Waals surface area contributed by atoms with Gasteiger partial charge in [0, 0.05) is 6.04 Å². The molecule has 0 heterocycles. The second-order valence-corrected chi connectivity index (χ2v) is 5.16. The van der Waals surface area contributed by atoms with Crippen molar-refractivity contribution < 1.29 is 14.3 Å². The third-order valence-electron chi connectivity index (χ3n) is 3.23. The van der Waals surface area contributed by atoms with E-state index in [1.54, 1.807) is 12.1 Å². The van der Waals surface area contributed by atoms with Gasteiger partial charge < -0.3 is 15.8 Å². The number of halogens is 1. The average Bonchev–Trinajstić information content (AvgIpc) is 2.46.